The van der Waals surface area contributed by atoms with E-state index >= 15 is 0 Å². The summed E-state index contributed by atoms with van der Waals surface area (Å²) in [5.41, 5.74) is 4.82. The number of nitrogens with one attached hydrogen (secondary N) is 1. The zero-order chi connectivity index (χ0) is 25.5. The molecule has 0 aliphatic heterocycles. The molecule has 0 unspecified atom stereocenters. The molecular formula is C28H30Cl2N2O3. The van der Waals surface area contributed by atoms with Crippen LogP contribution in [0.15, 0.2) is 60.7 Å². The van der Waals surface area contributed by atoms with E-state index in [2.05, 4.69) is 11.4 Å². The summed E-state index contributed by atoms with van der Waals surface area (Å²) in [5, 5.41) is 3.52. The molecule has 0 radical (unpaired) electrons. The van der Waals surface area contributed by atoms with Crippen LogP contribution in [-0.4, -0.2) is 36.4 Å². The third-order valence-electron chi connectivity index (χ3n) is 5.97. The van der Waals surface area contributed by atoms with Gasteiger partial charge in [-0.25, -0.2) is 0 Å². The molecule has 3 rings (SSSR count). The van der Waals surface area contributed by atoms with Crippen molar-refractivity contribution in [2.24, 2.45) is 0 Å². The van der Waals surface area contributed by atoms with Crippen LogP contribution < -0.4 is 10.1 Å². The van der Waals surface area contributed by atoms with Gasteiger partial charge in [-0.15, -0.1) is 0 Å². The van der Waals surface area contributed by atoms with Gasteiger partial charge in [0.1, 0.15) is 11.8 Å². The molecule has 0 bridgehead atoms. The molecule has 0 aliphatic rings. The molecule has 0 aromatic heterocycles. The average Bonchev–Trinajstić information content (AvgIpc) is 2.84. The number of ether oxygens (including phenoxy) is 1. The number of nitrogens with zero attached hydrogens (tertiary/aromatic N) is 1. The van der Waals surface area contributed by atoms with Crippen molar-refractivity contribution in [3.63, 3.8) is 0 Å². The lowest BCUT2D eigenvalue weighted by Crippen LogP contribution is -2.51. The van der Waals surface area contributed by atoms with E-state index in [1.807, 2.05) is 57.2 Å². The Morgan fingerprint density at radius 3 is 2.31 bits per heavy atom. The summed E-state index contributed by atoms with van der Waals surface area (Å²) in [5.74, 6) is 0.0916. The zero-order valence-electron chi connectivity index (χ0n) is 20.4. The highest BCUT2D eigenvalue weighted by Gasteiger charge is 2.30. The lowest BCUT2D eigenvalue weighted by atomic mass is 10.0. The van der Waals surface area contributed by atoms with Crippen LogP contribution in [0.3, 0.4) is 0 Å². The smallest absolute Gasteiger partial charge is 0.261 e. The van der Waals surface area contributed by atoms with Crippen molar-refractivity contribution in [1.82, 2.24) is 10.2 Å². The van der Waals surface area contributed by atoms with Crippen molar-refractivity contribution < 1.29 is 14.3 Å². The molecule has 0 saturated heterocycles. The van der Waals surface area contributed by atoms with E-state index in [9.17, 15) is 9.59 Å². The van der Waals surface area contributed by atoms with Crippen LogP contribution in [-0.2, 0) is 22.6 Å². The molecule has 1 atom stereocenters. The molecule has 0 spiro atoms. The Morgan fingerprint density at radius 1 is 0.943 bits per heavy atom. The van der Waals surface area contributed by atoms with Crippen molar-refractivity contribution in [3.8, 4) is 5.75 Å². The second-order valence-electron chi connectivity index (χ2n) is 8.58. The molecule has 0 fully saturated rings. The van der Waals surface area contributed by atoms with Crippen LogP contribution in [0, 0.1) is 20.8 Å². The molecular weight excluding hydrogens is 483 g/mol. The minimum absolute atomic E-state index is 0.176. The maximum absolute atomic E-state index is 13.6. The molecule has 2 amide bonds. The summed E-state index contributed by atoms with van der Waals surface area (Å²) in [4.78, 5) is 28.1. The fraction of sp³-hybridized carbons (Fsp3) is 0.286. The third kappa shape index (κ3) is 7.00. The van der Waals surface area contributed by atoms with E-state index in [-0.39, 0.29) is 25.0 Å². The Kier molecular flexibility index (Phi) is 9.19. The Bertz CT molecular complexity index is 1200. The molecule has 7 heteroatoms. The lowest BCUT2D eigenvalue weighted by Gasteiger charge is -2.31. The third-order valence-corrected chi connectivity index (χ3v) is 6.71. The van der Waals surface area contributed by atoms with E-state index in [1.54, 1.807) is 30.1 Å². The van der Waals surface area contributed by atoms with Crippen molar-refractivity contribution >= 4 is 35.0 Å². The normalized spacial score (nSPS) is 11.6. The highest BCUT2D eigenvalue weighted by molar-refractivity contribution is 6.42. The van der Waals surface area contributed by atoms with Crippen molar-refractivity contribution in [3.05, 3.63) is 98.5 Å². The number of likely N-dealkylation sites (N-methyl/N-ethyl adjacent to an activating group) is 1. The summed E-state index contributed by atoms with van der Waals surface area (Å²) in [6, 6.07) is 18.0. The van der Waals surface area contributed by atoms with Crippen LogP contribution in [0.25, 0.3) is 0 Å². The Labute approximate surface area is 217 Å². The molecule has 1 N–H and O–H groups in total. The van der Waals surface area contributed by atoms with Gasteiger partial charge < -0.3 is 15.0 Å². The fourth-order valence-electron chi connectivity index (χ4n) is 3.93. The second kappa shape index (κ2) is 12.1. The van der Waals surface area contributed by atoms with Crippen molar-refractivity contribution in [2.75, 3.05) is 13.7 Å². The standard InChI is InChI=1S/C28H30Cl2N2O3/c1-18-12-19(2)20(3)26(13-18)35-17-27(33)32(16-22-10-11-23(29)24(30)14-22)25(28(34)31-4)15-21-8-6-5-7-9-21/h5-14,25H,15-17H2,1-4H3,(H,31,34)/t25-/m0/s1. The summed E-state index contributed by atoms with van der Waals surface area (Å²) in [6.07, 6.45) is 0.357. The van der Waals surface area contributed by atoms with E-state index in [1.165, 1.54) is 0 Å². The maximum atomic E-state index is 13.6. The lowest BCUT2D eigenvalue weighted by molar-refractivity contribution is -0.142. The predicted octanol–water partition coefficient (Wildman–Crippen LogP) is 5.68. The molecule has 184 valence electrons. The van der Waals surface area contributed by atoms with Crippen LogP contribution in [0.5, 0.6) is 5.75 Å². The SMILES string of the molecule is CNC(=O)[C@H](Cc1ccccc1)N(Cc1ccc(Cl)c(Cl)c1)C(=O)COc1cc(C)cc(C)c1C. The highest BCUT2D eigenvalue weighted by atomic mass is 35.5. The molecule has 0 heterocycles. The zero-order valence-corrected chi connectivity index (χ0v) is 21.9. The van der Waals surface area contributed by atoms with Gasteiger partial charge in [0.15, 0.2) is 6.61 Å². The van der Waals surface area contributed by atoms with Crippen LogP contribution in [0.2, 0.25) is 10.0 Å². The second-order valence-corrected chi connectivity index (χ2v) is 9.40. The summed E-state index contributed by atoms with van der Waals surface area (Å²) >= 11 is 12.3. The van der Waals surface area contributed by atoms with Gasteiger partial charge in [-0.3, -0.25) is 9.59 Å². The Morgan fingerprint density at radius 2 is 1.66 bits per heavy atom. The molecule has 5 nitrogen and oxygen atoms in total. The molecule has 3 aromatic rings. The number of halogens is 2. The number of hydrogen-bond donors (Lipinski definition) is 1. The maximum Gasteiger partial charge on any atom is 0.261 e. The van der Waals surface area contributed by atoms with Crippen molar-refractivity contribution in [1.29, 1.82) is 0 Å². The van der Waals surface area contributed by atoms with Crippen LogP contribution in [0.1, 0.15) is 27.8 Å². The topological polar surface area (TPSA) is 58.6 Å². The van der Waals surface area contributed by atoms with Gasteiger partial charge >= 0.3 is 0 Å². The number of carbonyl (C=O) groups excluding carboxylic acids is 2. The number of aryl methyl sites for hydroxylation is 2. The molecule has 35 heavy (non-hydrogen) atoms. The minimum Gasteiger partial charge on any atom is -0.483 e. The summed E-state index contributed by atoms with van der Waals surface area (Å²) in [6.45, 7) is 5.93. The first-order chi connectivity index (χ1) is 16.7. The van der Waals surface area contributed by atoms with E-state index in [0.717, 1.165) is 27.8 Å². The summed E-state index contributed by atoms with van der Waals surface area (Å²) in [7, 11) is 1.57. The van der Waals surface area contributed by atoms with Gasteiger partial charge in [0.2, 0.25) is 5.91 Å². The number of rotatable bonds is 9. The first-order valence-electron chi connectivity index (χ1n) is 11.4. The molecule has 3 aromatic carbocycles. The Balaban J connectivity index is 1.92. The predicted molar refractivity (Wildman–Crippen MR) is 141 cm³/mol. The highest BCUT2D eigenvalue weighted by Crippen LogP contribution is 2.26. The average molecular weight is 513 g/mol. The Hall–Kier alpha value is -3.02. The number of benzene rings is 3. The van der Waals surface area contributed by atoms with Gasteiger partial charge in [0.25, 0.3) is 5.91 Å². The largest absolute Gasteiger partial charge is 0.483 e. The minimum atomic E-state index is -0.742. The van der Waals surface area contributed by atoms with E-state index < -0.39 is 6.04 Å². The van der Waals surface area contributed by atoms with Crippen LogP contribution >= 0.6 is 23.2 Å². The van der Waals surface area contributed by atoms with Crippen molar-refractivity contribution in [2.45, 2.75) is 39.8 Å². The van der Waals surface area contributed by atoms with Gasteiger partial charge in [-0.1, -0.05) is 65.7 Å². The van der Waals surface area contributed by atoms with Gasteiger partial charge in [0.05, 0.1) is 10.0 Å². The quantitative estimate of drug-likeness (QED) is 0.400. The summed E-state index contributed by atoms with van der Waals surface area (Å²) < 4.78 is 5.97. The number of hydrogen-bond acceptors (Lipinski definition) is 3. The first kappa shape index (κ1) is 26.6. The van der Waals surface area contributed by atoms with Gasteiger partial charge in [-0.05, 0) is 66.8 Å². The van der Waals surface area contributed by atoms with Gasteiger partial charge in [-0.2, -0.15) is 0 Å². The molecule has 0 saturated carbocycles. The van der Waals surface area contributed by atoms with E-state index in [4.69, 9.17) is 27.9 Å². The fourth-order valence-corrected chi connectivity index (χ4v) is 4.25. The van der Waals surface area contributed by atoms with Gasteiger partial charge in [0, 0.05) is 20.0 Å². The van der Waals surface area contributed by atoms with Crippen LogP contribution in [0.4, 0.5) is 0 Å². The first-order valence-corrected chi connectivity index (χ1v) is 12.1. The number of carbonyl (C=O) groups is 2. The molecule has 0 aliphatic carbocycles. The number of amides is 2. The van der Waals surface area contributed by atoms with E-state index in [0.29, 0.717) is 22.2 Å². The monoisotopic (exact) mass is 512 g/mol.